The maximum Gasteiger partial charge on any atom is 0.253 e. The zero-order valence-corrected chi connectivity index (χ0v) is 12.8. The van der Waals surface area contributed by atoms with Gasteiger partial charge in [0.1, 0.15) is 0 Å². The van der Waals surface area contributed by atoms with Gasteiger partial charge in [0.05, 0.1) is 5.75 Å². The summed E-state index contributed by atoms with van der Waals surface area (Å²) in [5.41, 5.74) is 1.59. The Morgan fingerprint density at radius 3 is 2.67 bits per heavy atom. The third-order valence-corrected chi connectivity index (χ3v) is 5.21. The highest BCUT2D eigenvalue weighted by Crippen LogP contribution is 2.36. The molecule has 0 spiro atoms. The number of amides is 1. The number of nitrogens with one attached hydrogen (secondary N) is 1. The number of rotatable bonds is 3. The number of thioether (sulfide) groups is 1. The zero-order chi connectivity index (χ0) is 11.4. The van der Waals surface area contributed by atoms with Gasteiger partial charge >= 0.3 is 0 Å². The van der Waals surface area contributed by atoms with Crippen LogP contribution >= 0.6 is 59.6 Å². The monoisotopic (exact) mass is 417 g/mol. The second kappa shape index (κ2) is 6.24. The first-order valence-electron chi connectivity index (χ1n) is 3.75. The Balaban J connectivity index is 2.81. The number of hydrogen-bond acceptors (Lipinski definition) is 3. The van der Waals surface area contributed by atoms with E-state index in [0.29, 0.717) is 0 Å². The molecule has 0 saturated heterocycles. The molecule has 0 radical (unpaired) electrons. The number of halogens is 3. The van der Waals surface area contributed by atoms with Crippen LogP contribution in [0.4, 0.5) is 0 Å². The van der Waals surface area contributed by atoms with Crippen LogP contribution in [0.1, 0.15) is 0 Å². The van der Waals surface area contributed by atoms with Crippen molar-refractivity contribution >= 4 is 65.5 Å². The fourth-order valence-corrected chi connectivity index (χ4v) is 3.69. The molecule has 0 heterocycles. The van der Waals surface area contributed by atoms with Crippen LogP contribution in [0.25, 0.3) is 0 Å². The van der Waals surface area contributed by atoms with Gasteiger partial charge in [-0.1, -0.05) is 15.9 Å². The molecule has 0 aliphatic heterocycles. The van der Waals surface area contributed by atoms with E-state index in [9.17, 15) is 4.79 Å². The summed E-state index contributed by atoms with van der Waals surface area (Å²) in [5.74, 6) is -0.263. The number of carbonyl (C=O) groups is 1. The average Bonchev–Trinajstić information content (AvgIpc) is 2.20. The lowest BCUT2D eigenvalue weighted by atomic mass is 10.4. The molecular weight excluding hydrogens is 414 g/mol. The normalized spacial score (nSPS) is 10.1. The summed E-state index contributed by atoms with van der Waals surface area (Å²) < 4.78 is 2.72. The van der Waals surface area contributed by atoms with Crippen LogP contribution < -0.4 is 5.48 Å². The molecule has 0 unspecified atom stereocenters. The van der Waals surface area contributed by atoms with Crippen molar-refractivity contribution in [2.75, 3.05) is 5.75 Å². The molecule has 1 amide bonds. The quantitative estimate of drug-likeness (QED) is 0.341. The second-order valence-electron chi connectivity index (χ2n) is 2.52. The number of benzene rings is 1. The predicted molar refractivity (Wildman–Crippen MR) is 70.2 cm³/mol. The van der Waals surface area contributed by atoms with Gasteiger partial charge in [-0.15, -0.1) is 11.8 Å². The minimum atomic E-state index is -0.428. The van der Waals surface area contributed by atoms with Crippen LogP contribution in [0.15, 0.2) is 30.4 Å². The van der Waals surface area contributed by atoms with Crippen LogP contribution in [-0.2, 0) is 4.79 Å². The van der Waals surface area contributed by atoms with Crippen LogP contribution in [0.3, 0.4) is 0 Å². The van der Waals surface area contributed by atoms with Crippen molar-refractivity contribution in [1.82, 2.24) is 5.48 Å². The minimum Gasteiger partial charge on any atom is -0.289 e. The molecule has 82 valence electrons. The molecule has 0 aromatic heterocycles. The molecule has 0 aliphatic rings. The third kappa shape index (κ3) is 4.07. The standard InChI is InChI=1S/C8H6Br3NO2S/c9-4-1-5(10)8(11)6(2-4)15-3-7(13)12-14/h1-2,14H,3H2,(H,12,13). The molecule has 0 aliphatic carbocycles. The van der Waals surface area contributed by atoms with Crippen molar-refractivity contribution in [2.24, 2.45) is 0 Å². The number of carbonyl (C=O) groups excluding carboxylic acids is 1. The lowest BCUT2D eigenvalue weighted by Gasteiger charge is -2.06. The highest BCUT2D eigenvalue weighted by atomic mass is 79.9. The lowest BCUT2D eigenvalue weighted by molar-refractivity contribution is -0.126. The molecular formula is C8H6Br3NO2S. The van der Waals surface area contributed by atoms with E-state index in [1.165, 1.54) is 11.8 Å². The minimum absolute atomic E-state index is 0.165. The summed E-state index contributed by atoms with van der Waals surface area (Å²) in [5, 5.41) is 8.35. The smallest absolute Gasteiger partial charge is 0.253 e. The van der Waals surface area contributed by atoms with Gasteiger partial charge in [0.15, 0.2) is 0 Å². The first-order valence-corrected chi connectivity index (χ1v) is 7.11. The first-order chi connectivity index (χ1) is 7.04. The topological polar surface area (TPSA) is 49.3 Å². The average molecular weight is 420 g/mol. The Morgan fingerprint density at radius 1 is 1.40 bits per heavy atom. The van der Waals surface area contributed by atoms with Crippen molar-refractivity contribution in [1.29, 1.82) is 0 Å². The number of hydrogen-bond donors (Lipinski definition) is 2. The summed E-state index contributed by atoms with van der Waals surface area (Å²) >= 11 is 11.5. The van der Waals surface area contributed by atoms with Crippen molar-refractivity contribution < 1.29 is 10.0 Å². The van der Waals surface area contributed by atoms with E-state index in [2.05, 4.69) is 47.8 Å². The highest BCUT2D eigenvalue weighted by Gasteiger charge is 2.08. The van der Waals surface area contributed by atoms with Gasteiger partial charge in [0.25, 0.3) is 5.91 Å². The van der Waals surface area contributed by atoms with Gasteiger partial charge in [0, 0.05) is 18.3 Å². The Kier molecular flexibility index (Phi) is 5.62. The van der Waals surface area contributed by atoms with Crippen molar-refractivity contribution in [3.05, 3.63) is 25.6 Å². The van der Waals surface area contributed by atoms with Gasteiger partial charge in [-0.2, -0.15) is 0 Å². The molecule has 0 bridgehead atoms. The van der Waals surface area contributed by atoms with Crippen molar-refractivity contribution in [3.8, 4) is 0 Å². The van der Waals surface area contributed by atoms with E-state index in [1.807, 2.05) is 12.1 Å². The summed E-state index contributed by atoms with van der Waals surface area (Å²) in [4.78, 5) is 11.8. The fraction of sp³-hybridized carbons (Fsp3) is 0.125. The van der Waals surface area contributed by atoms with Gasteiger partial charge in [-0.3, -0.25) is 10.0 Å². The van der Waals surface area contributed by atoms with Crippen molar-refractivity contribution in [3.63, 3.8) is 0 Å². The molecule has 0 fully saturated rings. The SMILES string of the molecule is O=C(CSc1cc(Br)cc(Br)c1Br)NO. The maximum atomic E-state index is 10.8. The van der Waals surface area contributed by atoms with E-state index < -0.39 is 5.91 Å². The van der Waals surface area contributed by atoms with Gasteiger partial charge in [0.2, 0.25) is 0 Å². The van der Waals surface area contributed by atoms with Gasteiger partial charge in [-0.25, -0.2) is 5.48 Å². The first kappa shape index (κ1) is 13.5. The predicted octanol–water partition coefficient (Wildman–Crippen LogP) is 3.57. The Hall–Kier alpha value is 0.440. The zero-order valence-electron chi connectivity index (χ0n) is 7.26. The van der Waals surface area contributed by atoms with E-state index in [1.54, 1.807) is 5.48 Å². The third-order valence-electron chi connectivity index (χ3n) is 1.44. The van der Waals surface area contributed by atoms with Crippen molar-refractivity contribution in [2.45, 2.75) is 4.90 Å². The van der Waals surface area contributed by atoms with E-state index in [4.69, 9.17) is 5.21 Å². The molecule has 0 saturated carbocycles. The van der Waals surface area contributed by atoms with Gasteiger partial charge < -0.3 is 0 Å². The molecule has 1 aromatic carbocycles. The molecule has 15 heavy (non-hydrogen) atoms. The lowest BCUT2D eigenvalue weighted by Crippen LogP contribution is -2.20. The summed E-state index contributed by atoms with van der Waals surface area (Å²) in [6.45, 7) is 0. The van der Waals surface area contributed by atoms with E-state index >= 15 is 0 Å². The Bertz CT molecular complexity index is 386. The molecule has 3 nitrogen and oxygen atoms in total. The number of hydroxylamine groups is 1. The summed E-state index contributed by atoms with van der Waals surface area (Å²) in [6, 6.07) is 3.80. The summed E-state index contributed by atoms with van der Waals surface area (Å²) in [6.07, 6.45) is 0. The van der Waals surface area contributed by atoms with E-state index in [0.717, 1.165) is 18.3 Å². The molecule has 0 atom stereocenters. The van der Waals surface area contributed by atoms with Gasteiger partial charge in [-0.05, 0) is 44.0 Å². The summed E-state index contributed by atoms with van der Waals surface area (Å²) in [7, 11) is 0. The fourth-order valence-electron chi connectivity index (χ4n) is 0.813. The molecule has 1 aromatic rings. The largest absolute Gasteiger partial charge is 0.289 e. The van der Waals surface area contributed by atoms with E-state index in [-0.39, 0.29) is 5.75 Å². The maximum absolute atomic E-state index is 10.8. The van der Waals surface area contributed by atoms with Crippen LogP contribution in [0, 0.1) is 0 Å². The molecule has 7 heteroatoms. The highest BCUT2D eigenvalue weighted by molar-refractivity contribution is 9.13. The Labute approximate surface area is 116 Å². The van der Waals surface area contributed by atoms with Crippen LogP contribution in [-0.4, -0.2) is 16.9 Å². The Morgan fingerprint density at radius 2 is 2.07 bits per heavy atom. The molecule has 1 rings (SSSR count). The van der Waals surface area contributed by atoms with Crippen LogP contribution in [0.5, 0.6) is 0 Å². The molecule has 2 N–H and O–H groups in total. The van der Waals surface area contributed by atoms with Crippen LogP contribution in [0.2, 0.25) is 0 Å². The second-order valence-corrected chi connectivity index (χ2v) is 6.10.